The summed E-state index contributed by atoms with van der Waals surface area (Å²) in [5.41, 5.74) is 2.39. The van der Waals surface area contributed by atoms with Crippen molar-refractivity contribution in [3.8, 4) is 0 Å². The number of hydrogen-bond acceptors (Lipinski definition) is 1. The van der Waals surface area contributed by atoms with Crippen molar-refractivity contribution in [1.82, 2.24) is 0 Å². The van der Waals surface area contributed by atoms with Gasteiger partial charge in [-0.1, -0.05) is 40.2 Å². The van der Waals surface area contributed by atoms with Crippen molar-refractivity contribution in [2.24, 2.45) is 11.8 Å². The van der Waals surface area contributed by atoms with Gasteiger partial charge in [-0.05, 0) is 48.1 Å². The second-order valence-electron chi connectivity index (χ2n) is 4.71. The van der Waals surface area contributed by atoms with E-state index in [1.807, 2.05) is 12.1 Å². The van der Waals surface area contributed by atoms with Gasteiger partial charge in [-0.3, -0.25) is 4.79 Å². The first-order valence-electron chi connectivity index (χ1n) is 5.92. The molecule has 0 amide bonds. The van der Waals surface area contributed by atoms with Crippen molar-refractivity contribution in [3.63, 3.8) is 0 Å². The molecule has 1 aromatic carbocycles. The lowest BCUT2D eigenvalue weighted by molar-refractivity contribution is -0.117. The molecule has 2 aliphatic carbocycles. The fourth-order valence-corrected chi connectivity index (χ4v) is 2.95. The average Bonchev–Trinajstić information content (AvgIpc) is 2.36. The maximum Gasteiger partial charge on any atom is 0.162 e. The molecule has 17 heavy (non-hydrogen) atoms. The standard InChI is InChI=1S/C15H13BrO/c16-12-5-3-11(4-6-12)13-7-1-10-2-8-15(17)14(13)9-10/h2-8,10,14H,1,9H2/t10-,14+/m1/s1. The Bertz CT molecular complexity index is 510. The van der Waals surface area contributed by atoms with Crippen molar-refractivity contribution < 1.29 is 4.79 Å². The summed E-state index contributed by atoms with van der Waals surface area (Å²) in [4.78, 5) is 11.9. The molecule has 0 unspecified atom stereocenters. The summed E-state index contributed by atoms with van der Waals surface area (Å²) in [6.07, 6.45) is 8.12. The van der Waals surface area contributed by atoms with Crippen molar-refractivity contribution in [3.05, 3.63) is 52.5 Å². The normalized spacial score (nSPS) is 26.9. The van der Waals surface area contributed by atoms with Crippen LogP contribution in [0, 0.1) is 11.8 Å². The Hall–Kier alpha value is -1.15. The summed E-state index contributed by atoms with van der Waals surface area (Å²) in [5.74, 6) is 0.909. The van der Waals surface area contributed by atoms with Crippen LogP contribution in [-0.4, -0.2) is 5.78 Å². The second kappa shape index (κ2) is 4.26. The summed E-state index contributed by atoms with van der Waals surface area (Å²) in [6.45, 7) is 0. The summed E-state index contributed by atoms with van der Waals surface area (Å²) in [6, 6.07) is 8.24. The van der Waals surface area contributed by atoms with Gasteiger partial charge in [0.2, 0.25) is 0 Å². The first-order chi connectivity index (χ1) is 8.24. The molecule has 0 aliphatic heterocycles. The molecular formula is C15H13BrO. The third-order valence-electron chi connectivity index (χ3n) is 3.61. The van der Waals surface area contributed by atoms with Gasteiger partial charge in [-0.2, -0.15) is 0 Å². The number of benzene rings is 1. The largest absolute Gasteiger partial charge is 0.294 e. The maximum absolute atomic E-state index is 11.9. The van der Waals surface area contributed by atoms with E-state index in [1.54, 1.807) is 6.08 Å². The summed E-state index contributed by atoms with van der Waals surface area (Å²) in [5, 5.41) is 0. The molecule has 0 saturated heterocycles. The zero-order chi connectivity index (χ0) is 11.8. The van der Waals surface area contributed by atoms with E-state index in [1.165, 1.54) is 11.1 Å². The van der Waals surface area contributed by atoms with Crippen molar-refractivity contribution >= 4 is 27.3 Å². The highest BCUT2D eigenvalue weighted by molar-refractivity contribution is 9.10. The SMILES string of the molecule is O=C1C=C[C@H]2CC=C(c3ccc(Br)cc3)[C@@H]1C2. The molecule has 0 N–H and O–H groups in total. The van der Waals surface area contributed by atoms with Crippen LogP contribution in [0.4, 0.5) is 0 Å². The second-order valence-corrected chi connectivity index (χ2v) is 5.63. The molecule has 2 bridgehead atoms. The third-order valence-corrected chi connectivity index (χ3v) is 4.14. The van der Waals surface area contributed by atoms with E-state index in [2.05, 4.69) is 40.2 Å². The molecule has 1 aromatic rings. The molecule has 2 atom stereocenters. The number of hydrogen-bond donors (Lipinski definition) is 0. The summed E-state index contributed by atoms with van der Waals surface area (Å²) >= 11 is 3.44. The van der Waals surface area contributed by atoms with Crippen LogP contribution in [0.1, 0.15) is 18.4 Å². The Labute approximate surface area is 109 Å². The van der Waals surface area contributed by atoms with Crippen LogP contribution in [0.15, 0.2) is 47.0 Å². The van der Waals surface area contributed by atoms with E-state index in [4.69, 9.17) is 0 Å². The van der Waals surface area contributed by atoms with Crippen LogP contribution in [0.25, 0.3) is 5.57 Å². The van der Waals surface area contributed by atoms with E-state index >= 15 is 0 Å². The molecule has 0 heterocycles. The molecule has 0 aromatic heterocycles. The highest BCUT2D eigenvalue weighted by Gasteiger charge is 2.31. The molecule has 0 radical (unpaired) electrons. The van der Waals surface area contributed by atoms with Crippen LogP contribution < -0.4 is 0 Å². The van der Waals surface area contributed by atoms with Crippen LogP contribution in [0.3, 0.4) is 0 Å². The molecule has 2 heteroatoms. The topological polar surface area (TPSA) is 17.1 Å². The smallest absolute Gasteiger partial charge is 0.162 e. The Kier molecular flexibility index (Phi) is 2.75. The predicted octanol–water partition coefficient (Wildman–Crippen LogP) is 4.00. The Morgan fingerprint density at radius 2 is 1.94 bits per heavy atom. The summed E-state index contributed by atoms with van der Waals surface area (Å²) in [7, 11) is 0. The van der Waals surface area contributed by atoms with Gasteiger partial charge in [0.15, 0.2) is 5.78 Å². The molecule has 0 fully saturated rings. The molecule has 1 nitrogen and oxygen atoms in total. The van der Waals surface area contributed by atoms with Gasteiger partial charge in [0.05, 0.1) is 0 Å². The van der Waals surface area contributed by atoms with E-state index < -0.39 is 0 Å². The van der Waals surface area contributed by atoms with E-state index in [0.717, 1.165) is 17.3 Å². The van der Waals surface area contributed by atoms with Gasteiger partial charge < -0.3 is 0 Å². The Morgan fingerprint density at radius 3 is 2.71 bits per heavy atom. The first-order valence-corrected chi connectivity index (χ1v) is 6.71. The van der Waals surface area contributed by atoms with Gasteiger partial charge >= 0.3 is 0 Å². The molecule has 0 saturated carbocycles. The number of carbonyl (C=O) groups excluding carboxylic acids is 1. The average molecular weight is 289 g/mol. The highest BCUT2D eigenvalue weighted by Crippen LogP contribution is 2.39. The maximum atomic E-state index is 11.9. The van der Waals surface area contributed by atoms with Crippen molar-refractivity contribution in [1.29, 1.82) is 0 Å². The van der Waals surface area contributed by atoms with Crippen LogP contribution in [0.5, 0.6) is 0 Å². The van der Waals surface area contributed by atoms with Crippen molar-refractivity contribution in [2.45, 2.75) is 12.8 Å². The minimum Gasteiger partial charge on any atom is -0.294 e. The van der Waals surface area contributed by atoms with Gasteiger partial charge in [-0.15, -0.1) is 0 Å². The van der Waals surface area contributed by atoms with Crippen LogP contribution in [0.2, 0.25) is 0 Å². The molecular weight excluding hydrogens is 276 g/mol. The highest BCUT2D eigenvalue weighted by atomic mass is 79.9. The number of rotatable bonds is 1. The molecule has 3 rings (SSSR count). The predicted molar refractivity (Wildman–Crippen MR) is 72.5 cm³/mol. The first kappa shape index (κ1) is 11.0. The lowest BCUT2D eigenvalue weighted by Gasteiger charge is -2.30. The third kappa shape index (κ3) is 2.02. The lowest BCUT2D eigenvalue weighted by Crippen LogP contribution is -2.25. The number of carbonyl (C=O) groups is 1. The van der Waals surface area contributed by atoms with Gasteiger partial charge in [0, 0.05) is 10.4 Å². The Balaban J connectivity index is 1.98. The minimum absolute atomic E-state index is 0.0833. The summed E-state index contributed by atoms with van der Waals surface area (Å²) < 4.78 is 1.07. The molecule has 0 spiro atoms. The van der Waals surface area contributed by atoms with Gasteiger partial charge in [0.25, 0.3) is 0 Å². The fourth-order valence-electron chi connectivity index (χ4n) is 2.68. The zero-order valence-electron chi connectivity index (χ0n) is 9.40. The number of halogens is 1. The Morgan fingerprint density at radius 1 is 1.18 bits per heavy atom. The lowest BCUT2D eigenvalue weighted by atomic mass is 9.73. The van der Waals surface area contributed by atoms with Gasteiger partial charge in [0.1, 0.15) is 0 Å². The number of allylic oxidation sites excluding steroid dienone is 4. The number of fused-ring (bicyclic) bond motifs is 2. The van der Waals surface area contributed by atoms with Crippen molar-refractivity contribution in [2.75, 3.05) is 0 Å². The van der Waals surface area contributed by atoms with E-state index in [0.29, 0.717) is 5.92 Å². The monoisotopic (exact) mass is 288 g/mol. The number of ketones is 1. The minimum atomic E-state index is 0.0833. The molecule has 86 valence electrons. The van der Waals surface area contributed by atoms with Crippen LogP contribution >= 0.6 is 15.9 Å². The van der Waals surface area contributed by atoms with Crippen LogP contribution in [-0.2, 0) is 4.79 Å². The van der Waals surface area contributed by atoms with Gasteiger partial charge in [-0.25, -0.2) is 0 Å². The zero-order valence-corrected chi connectivity index (χ0v) is 11.0. The van der Waals surface area contributed by atoms with E-state index in [-0.39, 0.29) is 11.7 Å². The van der Waals surface area contributed by atoms with E-state index in [9.17, 15) is 4.79 Å². The molecule has 2 aliphatic rings. The quantitative estimate of drug-likeness (QED) is 0.763. The fraction of sp³-hybridized carbons (Fsp3) is 0.267.